The summed E-state index contributed by atoms with van der Waals surface area (Å²) < 4.78 is 0. The number of halogens is 2. The van der Waals surface area contributed by atoms with Crippen LogP contribution in [0.15, 0.2) is 58.9 Å². The van der Waals surface area contributed by atoms with Gasteiger partial charge in [0.15, 0.2) is 5.71 Å². The molecule has 0 aromatic heterocycles. The highest BCUT2D eigenvalue weighted by atomic mass is 35.5. The molecule has 0 atom stereocenters. The van der Waals surface area contributed by atoms with E-state index in [0.717, 1.165) is 5.56 Å². The van der Waals surface area contributed by atoms with Gasteiger partial charge in [-0.2, -0.15) is 0 Å². The molecule has 0 aliphatic carbocycles. The first kappa shape index (κ1) is 22.5. The number of rotatable bonds is 8. The SMILES string of the molecule is CNC(=O)C(=NOC)c1ccccc1CON=C(C)C=Cc1c(Cl)cccc1Cl. The monoisotopic (exact) mass is 433 g/mol. The second kappa shape index (κ2) is 11.2. The highest BCUT2D eigenvalue weighted by Gasteiger charge is 2.17. The maximum absolute atomic E-state index is 12.1. The van der Waals surface area contributed by atoms with Gasteiger partial charge in [-0.05, 0) is 25.1 Å². The summed E-state index contributed by atoms with van der Waals surface area (Å²) in [5.41, 5.74) is 2.82. The maximum atomic E-state index is 12.1. The summed E-state index contributed by atoms with van der Waals surface area (Å²) in [6.45, 7) is 1.93. The van der Waals surface area contributed by atoms with Crippen LogP contribution >= 0.6 is 23.2 Å². The van der Waals surface area contributed by atoms with E-state index in [9.17, 15) is 4.79 Å². The highest BCUT2D eigenvalue weighted by Crippen LogP contribution is 2.25. The van der Waals surface area contributed by atoms with Crippen molar-refractivity contribution in [1.82, 2.24) is 5.32 Å². The van der Waals surface area contributed by atoms with Gasteiger partial charge in [-0.3, -0.25) is 4.79 Å². The van der Waals surface area contributed by atoms with Gasteiger partial charge >= 0.3 is 0 Å². The van der Waals surface area contributed by atoms with Crippen molar-refractivity contribution in [1.29, 1.82) is 0 Å². The van der Waals surface area contributed by atoms with Crippen LogP contribution in [0.1, 0.15) is 23.6 Å². The van der Waals surface area contributed by atoms with Crippen molar-refractivity contribution in [3.05, 3.63) is 75.3 Å². The van der Waals surface area contributed by atoms with Gasteiger partial charge in [0, 0.05) is 33.8 Å². The van der Waals surface area contributed by atoms with Gasteiger partial charge in [-0.1, -0.05) is 69.9 Å². The van der Waals surface area contributed by atoms with Gasteiger partial charge in [0.1, 0.15) is 13.7 Å². The molecule has 0 saturated carbocycles. The average molecular weight is 434 g/mol. The normalized spacial score (nSPS) is 12.2. The van der Waals surface area contributed by atoms with Crippen LogP contribution < -0.4 is 5.32 Å². The second-order valence-electron chi connectivity index (χ2n) is 5.83. The van der Waals surface area contributed by atoms with Crippen LogP contribution in [-0.2, 0) is 21.1 Å². The van der Waals surface area contributed by atoms with Crippen LogP contribution in [0.2, 0.25) is 10.0 Å². The van der Waals surface area contributed by atoms with Gasteiger partial charge in [0.05, 0.1) is 5.71 Å². The molecule has 29 heavy (non-hydrogen) atoms. The molecule has 0 fully saturated rings. The summed E-state index contributed by atoms with van der Waals surface area (Å²) in [4.78, 5) is 22.3. The van der Waals surface area contributed by atoms with E-state index in [-0.39, 0.29) is 18.2 Å². The predicted octanol–water partition coefficient (Wildman–Crippen LogP) is 4.70. The zero-order valence-corrected chi connectivity index (χ0v) is 17.8. The molecule has 2 aromatic rings. The molecule has 0 bridgehead atoms. The van der Waals surface area contributed by atoms with E-state index in [0.29, 0.717) is 26.9 Å². The Bertz CT molecular complexity index is 936. The van der Waals surface area contributed by atoms with Crippen molar-refractivity contribution >= 4 is 46.6 Å². The Labute approximate surface area is 179 Å². The third kappa shape index (κ3) is 6.34. The number of carbonyl (C=O) groups excluding carboxylic acids is 1. The molecule has 2 rings (SSSR count). The molecule has 6 nitrogen and oxygen atoms in total. The van der Waals surface area contributed by atoms with E-state index in [4.69, 9.17) is 32.9 Å². The number of amides is 1. The molecule has 1 amide bonds. The lowest BCUT2D eigenvalue weighted by Gasteiger charge is -2.10. The number of oxime groups is 2. The third-order valence-corrected chi connectivity index (χ3v) is 4.48. The van der Waals surface area contributed by atoms with Crippen molar-refractivity contribution < 1.29 is 14.5 Å². The number of allylic oxidation sites excluding steroid dienone is 1. The summed E-state index contributed by atoms with van der Waals surface area (Å²) in [6, 6.07) is 12.5. The number of hydrogen-bond acceptors (Lipinski definition) is 5. The molecule has 1 N–H and O–H groups in total. The number of carbonyl (C=O) groups is 1. The molecule has 8 heteroatoms. The van der Waals surface area contributed by atoms with E-state index in [2.05, 4.69) is 15.6 Å². The number of hydrogen-bond donors (Lipinski definition) is 1. The first-order valence-corrected chi connectivity index (χ1v) is 9.43. The minimum absolute atomic E-state index is 0.147. The summed E-state index contributed by atoms with van der Waals surface area (Å²) in [6.07, 6.45) is 3.52. The topological polar surface area (TPSA) is 72.3 Å². The molecule has 2 aromatic carbocycles. The number of likely N-dealkylation sites (N-methyl/N-ethyl adjacent to an activating group) is 1. The smallest absolute Gasteiger partial charge is 0.273 e. The Kier molecular flexibility index (Phi) is 8.70. The molecule has 0 aliphatic rings. The maximum Gasteiger partial charge on any atom is 0.273 e. The summed E-state index contributed by atoms with van der Waals surface area (Å²) in [5, 5.41) is 11.5. The van der Waals surface area contributed by atoms with Crippen molar-refractivity contribution in [2.45, 2.75) is 13.5 Å². The van der Waals surface area contributed by atoms with Crippen molar-refractivity contribution in [3.8, 4) is 0 Å². The van der Waals surface area contributed by atoms with Gasteiger partial charge in [0.25, 0.3) is 5.91 Å². The number of nitrogens with zero attached hydrogens (tertiary/aromatic N) is 2. The molecule has 0 saturated heterocycles. The van der Waals surface area contributed by atoms with Crippen LogP contribution in [-0.4, -0.2) is 31.5 Å². The molecule has 0 aliphatic heterocycles. The predicted molar refractivity (Wildman–Crippen MR) is 117 cm³/mol. The van der Waals surface area contributed by atoms with E-state index in [1.54, 1.807) is 49.4 Å². The van der Waals surface area contributed by atoms with Crippen molar-refractivity contribution in [2.24, 2.45) is 10.3 Å². The first-order chi connectivity index (χ1) is 14.0. The molecule has 0 heterocycles. The van der Waals surface area contributed by atoms with Gasteiger partial charge in [-0.15, -0.1) is 0 Å². The zero-order valence-electron chi connectivity index (χ0n) is 16.3. The largest absolute Gasteiger partial charge is 0.398 e. The average Bonchev–Trinajstić information content (AvgIpc) is 2.71. The Morgan fingerprint density at radius 1 is 1.10 bits per heavy atom. The van der Waals surface area contributed by atoms with Crippen LogP contribution in [0, 0.1) is 0 Å². The molecule has 0 radical (unpaired) electrons. The lowest BCUT2D eigenvalue weighted by molar-refractivity contribution is -0.114. The van der Waals surface area contributed by atoms with E-state index < -0.39 is 0 Å². The molecule has 0 spiro atoms. The number of nitrogens with one attached hydrogen (secondary N) is 1. The fourth-order valence-corrected chi connectivity index (χ4v) is 2.93. The Balaban J connectivity index is 2.13. The lowest BCUT2D eigenvalue weighted by atomic mass is 10.0. The third-order valence-electron chi connectivity index (χ3n) is 3.82. The minimum Gasteiger partial charge on any atom is -0.398 e. The molecule has 0 unspecified atom stereocenters. The van der Waals surface area contributed by atoms with Gasteiger partial charge in [0.2, 0.25) is 0 Å². The Morgan fingerprint density at radius 3 is 2.45 bits per heavy atom. The highest BCUT2D eigenvalue weighted by molar-refractivity contribution is 6.45. The summed E-state index contributed by atoms with van der Waals surface area (Å²) >= 11 is 12.3. The van der Waals surface area contributed by atoms with Gasteiger partial charge < -0.3 is 15.0 Å². The summed E-state index contributed by atoms with van der Waals surface area (Å²) in [7, 11) is 2.91. The van der Waals surface area contributed by atoms with E-state index in [1.807, 2.05) is 12.1 Å². The molecular formula is C21H21Cl2N3O3. The van der Waals surface area contributed by atoms with Crippen LogP contribution in [0.4, 0.5) is 0 Å². The quantitative estimate of drug-likeness (QED) is 0.484. The van der Waals surface area contributed by atoms with Gasteiger partial charge in [-0.25, -0.2) is 0 Å². The van der Waals surface area contributed by atoms with Crippen LogP contribution in [0.5, 0.6) is 0 Å². The Hall–Kier alpha value is -2.83. The van der Waals surface area contributed by atoms with Crippen LogP contribution in [0.3, 0.4) is 0 Å². The summed E-state index contributed by atoms with van der Waals surface area (Å²) in [5.74, 6) is -0.362. The van der Waals surface area contributed by atoms with E-state index >= 15 is 0 Å². The lowest BCUT2D eigenvalue weighted by Crippen LogP contribution is -2.29. The molecule has 152 valence electrons. The fourth-order valence-electron chi connectivity index (χ4n) is 2.41. The first-order valence-electron chi connectivity index (χ1n) is 8.68. The van der Waals surface area contributed by atoms with Crippen LogP contribution in [0.25, 0.3) is 6.08 Å². The minimum atomic E-state index is -0.362. The van der Waals surface area contributed by atoms with E-state index in [1.165, 1.54) is 14.2 Å². The van der Waals surface area contributed by atoms with Crippen molar-refractivity contribution in [3.63, 3.8) is 0 Å². The standard InChI is InChI=1S/C21H21Cl2N3O3/c1-14(11-12-17-18(22)9-6-10-19(17)23)25-29-13-15-7-4-5-8-16(15)20(26-28-3)21(27)24-2/h4-12H,13H2,1-3H3,(H,24,27). The second-order valence-corrected chi connectivity index (χ2v) is 6.65. The Morgan fingerprint density at radius 2 is 1.79 bits per heavy atom. The zero-order chi connectivity index (χ0) is 21.2. The fraction of sp³-hybridized carbons (Fsp3) is 0.190. The van der Waals surface area contributed by atoms with Crippen molar-refractivity contribution in [2.75, 3.05) is 14.2 Å². The molecular weight excluding hydrogens is 413 g/mol. The number of benzene rings is 2.